The van der Waals surface area contributed by atoms with Gasteiger partial charge in [-0.25, -0.2) is 0 Å². The van der Waals surface area contributed by atoms with Crippen LogP contribution in [0.1, 0.15) is 29.6 Å². The Morgan fingerprint density at radius 1 is 1.26 bits per heavy atom. The van der Waals surface area contributed by atoms with E-state index in [9.17, 15) is 4.79 Å². The van der Waals surface area contributed by atoms with Crippen molar-refractivity contribution >= 4 is 5.91 Å². The first-order valence-electron chi connectivity index (χ1n) is 7.47. The maximum Gasteiger partial charge on any atom is 0.252 e. The predicted molar refractivity (Wildman–Crippen MR) is 86.2 cm³/mol. The van der Waals surface area contributed by atoms with Crippen molar-refractivity contribution in [2.45, 2.75) is 24.9 Å². The Bertz CT molecular complexity index is 752. The van der Waals surface area contributed by atoms with Gasteiger partial charge < -0.3 is 9.88 Å². The smallest absolute Gasteiger partial charge is 0.252 e. The van der Waals surface area contributed by atoms with Crippen molar-refractivity contribution in [1.29, 1.82) is 0 Å². The van der Waals surface area contributed by atoms with Gasteiger partial charge >= 0.3 is 0 Å². The average molecular weight is 307 g/mol. The standard InChI is InChI=1S/C17H17N5O/c1-2-3-6-17(20-21-17)7-8-19-16(23)14-11-15(13-18-12-14)22-9-4-5-10-22/h1,4-5,9-13H,3,6-8H2,(H,19,23). The monoisotopic (exact) mass is 307 g/mol. The van der Waals surface area contributed by atoms with Gasteiger partial charge in [-0.05, 0) is 18.2 Å². The molecular formula is C17H17N5O. The van der Waals surface area contributed by atoms with Gasteiger partial charge in [-0.3, -0.25) is 9.78 Å². The normalized spacial score (nSPS) is 14.2. The molecule has 3 heterocycles. The van der Waals surface area contributed by atoms with Gasteiger partial charge in [-0.1, -0.05) is 0 Å². The fourth-order valence-electron chi connectivity index (χ4n) is 2.35. The van der Waals surface area contributed by atoms with Crippen LogP contribution < -0.4 is 5.32 Å². The molecule has 0 saturated heterocycles. The topological polar surface area (TPSA) is 71.6 Å². The summed E-state index contributed by atoms with van der Waals surface area (Å²) in [5, 5.41) is 11.0. The second-order valence-corrected chi connectivity index (χ2v) is 5.41. The van der Waals surface area contributed by atoms with Gasteiger partial charge in [0.15, 0.2) is 5.66 Å². The predicted octanol–water partition coefficient (Wildman–Crippen LogP) is 2.57. The minimum atomic E-state index is -0.370. The Kier molecular flexibility index (Phi) is 4.20. The van der Waals surface area contributed by atoms with E-state index in [0.717, 1.165) is 12.1 Å². The minimum Gasteiger partial charge on any atom is -0.352 e. The van der Waals surface area contributed by atoms with Gasteiger partial charge in [-0.15, -0.1) is 12.3 Å². The van der Waals surface area contributed by atoms with Gasteiger partial charge in [0.1, 0.15) is 0 Å². The highest BCUT2D eigenvalue weighted by Gasteiger charge is 2.38. The van der Waals surface area contributed by atoms with Crippen LogP contribution in [-0.2, 0) is 0 Å². The summed E-state index contributed by atoms with van der Waals surface area (Å²) in [6, 6.07) is 5.65. The second kappa shape index (κ2) is 6.44. The van der Waals surface area contributed by atoms with Crippen molar-refractivity contribution in [3.8, 4) is 18.0 Å². The number of hydrogen-bond donors (Lipinski definition) is 1. The Morgan fingerprint density at radius 3 is 2.74 bits per heavy atom. The molecule has 0 spiro atoms. The van der Waals surface area contributed by atoms with Crippen molar-refractivity contribution in [2.24, 2.45) is 10.2 Å². The van der Waals surface area contributed by atoms with Crippen LogP contribution in [0.2, 0.25) is 0 Å². The maximum absolute atomic E-state index is 12.2. The molecule has 0 aromatic carbocycles. The summed E-state index contributed by atoms with van der Waals surface area (Å²) < 4.78 is 1.90. The van der Waals surface area contributed by atoms with Gasteiger partial charge in [0, 0.05) is 44.4 Å². The lowest BCUT2D eigenvalue weighted by molar-refractivity contribution is 0.0951. The first-order valence-corrected chi connectivity index (χ1v) is 7.47. The van der Waals surface area contributed by atoms with Crippen LogP contribution in [0.4, 0.5) is 0 Å². The molecule has 3 rings (SSSR count). The van der Waals surface area contributed by atoms with Crippen molar-refractivity contribution in [3.63, 3.8) is 0 Å². The van der Waals surface area contributed by atoms with E-state index in [0.29, 0.717) is 24.9 Å². The van der Waals surface area contributed by atoms with Crippen LogP contribution in [0, 0.1) is 12.3 Å². The Morgan fingerprint density at radius 2 is 2.04 bits per heavy atom. The number of pyridine rings is 1. The Hall–Kier alpha value is -2.94. The number of aromatic nitrogens is 2. The highest BCUT2D eigenvalue weighted by Crippen LogP contribution is 2.36. The molecule has 0 unspecified atom stereocenters. The largest absolute Gasteiger partial charge is 0.352 e. The van der Waals surface area contributed by atoms with E-state index in [1.165, 1.54) is 0 Å². The second-order valence-electron chi connectivity index (χ2n) is 5.41. The van der Waals surface area contributed by atoms with Crippen molar-refractivity contribution in [2.75, 3.05) is 6.54 Å². The summed E-state index contributed by atoms with van der Waals surface area (Å²) in [6.07, 6.45) is 14.4. The SMILES string of the molecule is C#CCCC1(CCNC(=O)c2cncc(-n3cccc3)c2)N=N1. The minimum absolute atomic E-state index is 0.153. The Labute approximate surface area is 134 Å². The zero-order chi connectivity index (χ0) is 16.1. The fraction of sp³-hybridized carbons (Fsp3) is 0.294. The molecule has 0 radical (unpaired) electrons. The summed E-state index contributed by atoms with van der Waals surface area (Å²) in [5.41, 5.74) is 1.00. The third kappa shape index (κ3) is 3.64. The lowest BCUT2D eigenvalue weighted by atomic mass is 10.0. The van der Waals surface area contributed by atoms with Crippen LogP contribution in [-0.4, -0.2) is 27.7 Å². The Balaban J connectivity index is 1.55. The molecule has 116 valence electrons. The van der Waals surface area contributed by atoms with Crippen molar-refractivity contribution in [3.05, 3.63) is 48.5 Å². The van der Waals surface area contributed by atoms with Crippen LogP contribution in [0.15, 0.2) is 53.2 Å². The molecule has 2 aromatic rings. The molecule has 23 heavy (non-hydrogen) atoms. The number of nitrogens with zero attached hydrogens (tertiary/aromatic N) is 4. The molecule has 1 N–H and O–H groups in total. The summed E-state index contributed by atoms with van der Waals surface area (Å²) in [5.74, 6) is 2.44. The quantitative estimate of drug-likeness (QED) is 0.799. The van der Waals surface area contributed by atoms with Gasteiger partial charge in [0.2, 0.25) is 0 Å². The van der Waals surface area contributed by atoms with Gasteiger partial charge in [0.25, 0.3) is 5.91 Å². The molecular weight excluding hydrogens is 290 g/mol. The van der Waals surface area contributed by atoms with Crippen LogP contribution in [0.25, 0.3) is 5.69 Å². The van der Waals surface area contributed by atoms with E-state index in [4.69, 9.17) is 6.42 Å². The van der Waals surface area contributed by atoms with Gasteiger partial charge in [-0.2, -0.15) is 10.2 Å². The molecule has 1 aliphatic heterocycles. The zero-order valence-electron chi connectivity index (χ0n) is 12.6. The zero-order valence-corrected chi connectivity index (χ0v) is 12.6. The van der Waals surface area contributed by atoms with Gasteiger partial charge in [0.05, 0.1) is 17.4 Å². The molecule has 0 aliphatic carbocycles. The number of amides is 1. The number of nitrogens with one attached hydrogen (secondary N) is 1. The molecule has 1 aliphatic rings. The molecule has 6 nitrogen and oxygen atoms in total. The molecule has 6 heteroatoms. The van der Waals surface area contributed by atoms with E-state index in [1.807, 2.05) is 35.2 Å². The number of hydrogen-bond acceptors (Lipinski definition) is 4. The van der Waals surface area contributed by atoms with Crippen LogP contribution in [0.3, 0.4) is 0 Å². The molecule has 2 aromatic heterocycles. The van der Waals surface area contributed by atoms with Crippen LogP contribution in [0.5, 0.6) is 0 Å². The van der Waals surface area contributed by atoms with E-state index < -0.39 is 0 Å². The fourth-order valence-corrected chi connectivity index (χ4v) is 2.35. The first kappa shape index (κ1) is 15.0. The van der Waals surface area contributed by atoms with Crippen molar-refractivity contribution < 1.29 is 4.79 Å². The van der Waals surface area contributed by atoms with E-state index in [-0.39, 0.29) is 11.6 Å². The molecule has 1 amide bonds. The third-order valence-corrected chi connectivity index (χ3v) is 3.75. The van der Waals surface area contributed by atoms with E-state index in [2.05, 4.69) is 26.4 Å². The van der Waals surface area contributed by atoms with Crippen LogP contribution >= 0.6 is 0 Å². The van der Waals surface area contributed by atoms with E-state index >= 15 is 0 Å². The summed E-state index contributed by atoms with van der Waals surface area (Å²) in [6.45, 7) is 0.504. The van der Waals surface area contributed by atoms with E-state index in [1.54, 1.807) is 12.4 Å². The highest BCUT2D eigenvalue weighted by atomic mass is 16.1. The average Bonchev–Trinajstić information content (AvgIpc) is 3.12. The number of carbonyl (C=O) groups excluding carboxylic acids is 1. The molecule has 0 bridgehead atoms. The molecule has 0 saturated carbocycles. The summed E-state index contributed by atoms with van der Waals surface area (Å²) >= 11 is 0. The third-order valence-electron chi connectivity index (χ3n) is 3.75. The number of terminal acetylenes is 1. The summed E-state index contributed by atoms with van der Waals surface area (Å²) in [7, 11) is 0. The van der Waals surface area contributed by atoms with Crippen molar-refractivity contribution in [1.82, 2.24) is 14.9 Å². The summed E-state index contributed by atoms with van der Waals surface area (Å²) in [4.78, 5) is 16.4. The first-order chi connectivity index (χ1) is 11.2. The molecule has 0 fully saturated rings. The lowest BCUT2D eigenvalue weighted by Crippen LogP contribution is -2.28. The molecule has 0 atom stereocenters. The lowest BCUT2D eigenvalue weighted by Gasteiger charge is -2.10. The highest BCUT2D eigenvalue weighted by molar-refractivity contribution is 5.94. The number of rotatable bonds is 7. The maximum atomic E-state index is 12.2. The number of carbonyl (C=O) groups is 1.